The minimum Gasteiger partial charge on any atom is -0.477 e. The number of hydrogen-bond donors (Lipinski definition) is 2. The summed E-state index contributed by atoms with van der Waals surface area (Å²) in [5.74, 6) is -2.40. The first-order valence-electron chi connectivity index (χ1n) is 5.64. The zero-order valence-electron chi connectivity index (χ0n) is 10.0. The van der Waals surface area contributed by atoms with Crippen LogP contribution in [0.5, 0.6) is 0 Å². The number of carboxylic acids is 1. The average Bonchev–Trinajstić information content (AvgIpc) is 2.60. The van der Waals surface area contributed by atoms with Gasteiger partial charge in [-0.25, -0.2) is 4.79 Å². The number of aliphatic hydroxyl groups is 1. The summed E-state index contributed by atoms with van der Waals surface area (Å²) in [5, 5.41) is 28.9. The third-order valence-corrected chi connectivity index (χ3v) is 3.36. The molecular weight excluding hydrogens is 256 g/mol. The maximum Gasteiger partial charge on any atom is 0.352 e. The van der Waals surface area contributed by atoms with Crippen LogP contribution in [0.3, 0.4) is 0 Å². The van der Waals surface area contributed by atoms with Gasteiger partial charge in [0.15, 0.2) is 0 Å². The topological polar surface area (TPSA) is 121 Å². The van der Waals surface area contributed by atoms with Crippen LogP contribution in [-0.4, -0.2) is 44.1 Å². The van der Waals surface area contributed by atoms with E-state index in [9.17, 15) is 24.8 Å². The van der Waals surface area contributed by atoms with E-state index in [1.807, 2.05) is 0 Å². The molecule has 0 saturated carbocycles. The molecular formula is C11H12N2O6. The Morgan fingerprint density at radius 3 is 2.74 bits per heavy atom. The number of nitrogens with zero attached hydrogens (tertiary/aromatic N) is 2. The highest BCUT2D eigenvalue weighted by Gasteiger charge is 2.56. The molecule has 2 N–H and O–H groups in total. The zero-order valence-corrected chi connectivity index (χ0v) is 10.0. The third kappa shape index (κ3) is 1.99. The molecule has 1 saturated heterocycles. The number of amides is 1. The van der Waals surface area contributed by atoms with E-state index in [0.717, 1.165) is 11.0 Å². The fraction of sp³-hybridized carbons (Fsp3) is 0.455. The fourth-order valence-corrected chi connectivity index (χ4v) is 2.60. The average molecular weight is 268 g/mol. The summed E-state index contributed by atoms with van der Waals surface area (Å²) >= 11 is 0. The van der Waals surface area contributed by atoms with Gasteiger partial charge in [0.05, 0.1) is 23.0 Å². The van der Waals surface area contributed by atoms with E-state index in [-0.39, 0.29) is 17.7 Å². The summed E-state index contributed by atoms with van der Waals surface area (Å²) < 4.78 is 0. The van der Waals surface area contributed by atoms with Crippen molar-refractivity contribution in [2.45, 2.75) is 25.5 Å². The van der Waals surface area contributed by atoms with Gasteiger partial charge >= 0.3 is 5.97 Å². The summed E-state index contributed by atoms with van der Waals surface area (Å²) in [7, 11) is 0. The minimum absolute atomic E-state index is 0.202. The molecule has 1 amide bonds. The van der Waals surface area contributed by atoms with Crippen molar-refractivity contribution in [2.75, 3.05) is 0 Å². The Bertz CT molecular complexity index is 521. The summed E-state index contributed by atoms with van der Waals surface area (Å²) in [5.41, 5.74) is -0.00398. The molecule has 0 aromatic carbocycles. The molecule has 0 unspecified atom stereocenters. The molecule has 2 heterocycles. The summed E-state index contributed by atoms with van der Waals surface area (Å²) in [6, 6.07) is -0.426. The van der Waals surface area contributed by atoms with Crippen molar-refractivity contribution in [1.82, 2.24) is 4.90 Å². The predicted octanol–water partition coefficient (Wildman–Crippen LogP) is -0.273. The minimum atomic E-state index is -1.30. The van der Waals surface area contributed by atoms with Crippen molar-refractivity contribution >= 4 is 11.9 Å². The molecule has 2 aliphatic heterocycles. The number of hydrogen-bond acceptors (Lipinski definition) is 5. The highest BCUT2D eigenvalue weighted by molar-refractivity contribution is 6.00. The Balaban J connectivity index is 2.32. The second-order valence-electron chi connectivity index (χ2n) is 4.53. The van der Waals surface area contributed by atoms with E-state index < -0.39 is 34.9 Å². The molecule has 1 fully saturated rings. The quantitative estimate of drug-likeness (QED) is 0.411. The molecule has 19 heavy (non-hydrogen) atoms. The number of carboxylic acid groups (broad SMARTS) is 1. The van der Waals surface area contributed by atoms with Gasteiger partial charge in [-0.15, -0.1) is 0 Å². The molecule has 0 bridgehead atoms. The van der Waals surface area contributed by atoms with E-state index in [1.54, 1.807) is 0 Å². The number of carbonyl (C=O) groups is 2. The Morgan fingerprint density at radius 1 is 1.63 bits per heavy atom. The lowest BCUT2D eigenvalue weighted by Crippen LogP contribution is -2.61. The van der Waals surface area contributed by atoms with Gasteiger partial charge in [0.25, 0.3) is 0 Å². The van der Waals surface area contributed by atoms with Crippen LogP contribution in [0.15, 0.2) is 23.5 Å². The monoisotopic (exact) mass is 268 g/mol. The number of rotatable bonds is 4. The lowest BCUT2D eigenvalue weighted by atomic mass is 9.83. The van der Waals surface area contributed by atoms with Crippen molar-refractivity contribution in [3.05, 3.63) is 33.7 Å². The van der Waals surface area contributed by atoms with Crippen LogP contribution in [0.2, 0.25) is 0 Å². The Morgan fingerprint density at radius 2 is 2.26 bits per heavy atom. The number of nitro groups is 1. The molecule has 0 radical (unpaired) electrons. The third-order valence-electron chi connectivity index (χ3n) is 3.36. The van der Waals surface area contributed by atoms with E-state index in [2.05, 4.69) is 0 Å². The van der Waals surface area contributed by atoms with Crippen molar-refractivity contribution in [1.29, 1.82) is 0 Å². The molecule has 0 spiro atoms. The van der Waals surface area contributed by atoms with E-state index >= 15 is 0 Å². The SMILES string of the molecule is C[C@@H](O)[C@H]1C(=O)N2C(C(=O)O)=C(C=C[N+](=O)[O-])C[C@H]12. The van der Waals surface area contributed by atoms with Gasteiger partial charge in [0.1, 0.15) is 5.70 Å². The number of carbonyl (C=O) groups excluding carboxylic acids is 1. The van der Waals surface area contributed by atoms with Crippen LogP contribution < -0.4 is 0 Å². The maximum absolute atomic E-state index is 11.8. The van der Waals surface area contributed by atoms with Crippen molar-refractivity contribution < 1.29 is 24.7 Å². The van der Waals surface area contributed by atoms with E-state index in [1.165, 1.54) is 6.92 Å². The number of fused-ring (bicyclic) bond motifs is 1. The lowest BCUT2D eigenvalue weighted by Gasteiger charge is -2.44. The van der Waals surface area contributed by atoms with Crippen LogP contribution in [-0.2, 0) is 9.59 Å². The summed E-state index contributed by atoms with van der Waals surface area (Å²) in [6.07, 6.45) is 1.07. The van der Waals surface area contributed by atoms with Crippen molar-refractivity contribution in [3.8, 4) is 0 Å². The van der Waals surface area contributed by atoms with Gasteiger partial charge in [-0.3, -0.25) is 14.9 Å². The predicted molar refractivity (Wildman–Crippen MR) is 61.2 cm³/mol. The van der Waals surface area contributed by atoms with Gasteiger partial charge < -0.3 is 15.1 Å². The van der Waals surface area contributed by atoms with Crippen molar-refractivity contribution in [3.63, 3.8) is 0 Å². The van der Waals surface area contributed by atoms with Gasteiger partial charge in [0, 0.05) is 6.08 Å². The van der Waals surface area contributed by atoms with Gasteiger partial charge in [0.2, 0.25) is 12.1 Å². The second-order valence-corrected chi connectivity index (χ2v) is 4.53. The number of aliphatic carboxylic acids is 1. The first kappa shape index (κ1) is 13.2. The van der Waals surface area contributed by atoms with Gasteiger partial charge in [-0.1, -0.05) is 0 Å². The summed E-state index contributed by atoms with van der Waals surface area (Å²) in [4.78, 5) is 33.6. The smallest absolute Gasteiger partial charge is 0.352 e. The van der Waals surface area contributed by atoms with Crippen LogP contribution >= 0.6 is 0 Å². The maximum atomic E-state index is 11.8. The van der Waals surface area contributed by atoms with E-state index in [4.69, 9.17) is 5.11 Å². The summed E-state index contributed by atoms with van der Waals surface area (Å²) in [6.45, 7) is 1.46. The molecule has 3 atom stereocenters. The Hall–Kier alpha value is -2.22. The number of aliphatic hydroxyl groups excluding tert-OH is 1. The fourth-order valence-electron chi connectivity index (χ4n) is 2.60. The molecule has 0 aliphatic carbocycles. The molecule has 8 heteroatoms. The molecule has 0 aromatic rings. The van der Waals surface area contributed by atoms with Crippen molar-refractivity contribution in [2.24, 2.45) is 5.92 Å². The van der Waals surface area contributed by atoms with Crippen LogP contribution in [0.1, 0.15) is 13.3 Å². The first-order chi connectivity index (χ1) is 8.84. The Kier molecular flexibility index (Phi) is 3.11. The number of allylic oxidation sites excluding steroid dienone is 1. The van der Waals surface area contributed by atoms with Crippen LogP contribution in [0.25, 0.3) is 0 Å². The largest absolute Gasteiger partial charge is 0.477 e. The van der Waals surface area contributed by atoms with Crippen LogP contribution in [0, 0.1) is 16.0 Å². The van der Waals surface area contributed by atoms with Gasteiger partial charge in [-0.05, 0) is 18.9 Å². The second kappa shape index (κ2) is 4.47. The molecule has 0 aromatic heterocycles. The molecule has 102 valence electrons. The van der Waals surface area contributed by atoms with Gasteiger partial charge in [-0.2, -0.15) is 0 Å². The zero-order chi connectivity index (χ0) is 14.3. The highest BCUT2D eigenvalue weighted by Crippen LogP contribution is 2.43. The van der Waals surface area contributed by atoms with E-state index in [0.29, 0.717) is 6.20 Å². The Labute approximate surface area is 107 Å². The normalized spacial score (nSPS) is 27.5. The van der Waals surface area contributed by atoms with Crippen LogP contribution in [0.4, 0.5) is 0 Å². The first-order valence-corrected chi connectivity index (χ1v) is 5.64. The molecule has 8 nitrogen and oxygen atoms in total. The standard InChI is InChI=1S/C11H12N2O6/c1-5(14)8-7-4-6(2-3-12(18)19)9(11(16)17)13(7)10(8)15/h2-3,5,7-8,14H,4H2,1H3,(H,16,17)/t5-,7-,8-/m1/s1. The molecule has 2 rings (SSSR count). The highest BCUT2D eigenvalue weighted by atomic mass is 16.6. The lowest BCUT2D eigenvalue weighted by molar-refractivity contribution is -0.402. The molecule has 2 aliphatic rings. The number of β-lactam (4-membered cyclic amide) rings is 1.